The van der Waals surface area contributed by atoms with E-state index >= 15 is 0 Å². The highest BCUT2D eigenvalue weighted by Crippen LogP contribution is 2.16. The molecule has 1 aromatic heterocycles. The van der Waals surface area contributed by atoms with Gasteiger partial charge in [0, 0.05) is 5.56 Å². The van der Waals surface area contributed by atoms with Crippen LogP contribution in [-0.4, -0.2) is 28.6 Å². The van der Waals surface area contributed by atoms with Gasteiger partial charge in [0.15, 0.2) is 0 Å². The summed E-state index contributed by atoms with van der Waals surface area (Å²) in [6.07, 6.45) is 0. The Hall–Kier alpha value is -3.09. The molecular weight excluding hydrogens is 328 g/mol. The molecule has 1 heterocycles. The molecule has 0 aliphatic carbocycles. The van der Waals surface area contributed by atoms with Crippen LogP contribution in [0, 0.1) is 11.3 Å². The van der Waals surface area contributed by atoms with Gasteiger partial charge in [-0.15, -0.1) is 10.2 Å². The van der Waals surface area contributed by atoms with Crippen molar-refractivity contribution in [3.8, 4) is 17.5 Å². The Morgan fingerprint density at radius 1 is 1.08 bits per heavy atom. The molecule has 0 aliphatic heterocycles. The molecule has 0 fully saturated rings. The third-order valence-corrected chi connectivity index (χ3v) is 4.23. The molecule has 0 aliphatic rings. The first-order chi connectivity index (χ1) is 11.5. The Balaban J connectivity index is 1.79. The van der Waals surface area contributed by atoms with Crippen molar-refractivity contribution in [3.05, 3.63) is 59.7 Å². The summed E-state index contributed by atoms with van der Waals surface area (Å²) in [7, 11) is -3.73. The summed E-state index contributed by atoms with van der Waals surface area (Å²) in [6, 6.07) is 15.1. The second-order valence-electron chi connectivity index (χ2n) is 5.02. The SMILES string of the molecule is N#Cc1ccc(Cn2nnc(-c3ccc(S(N)(=O)=O)cc3)n2)cc1. The van der Waals surface area contributed by atoms with E-state index in [0.29, 0.717) is 23.5 Å². The molecule has 0 unspecified atom stereocenters. The number of primary sulfonamides is 1. The number of hydrogen-bond acceptors (Lipinski definition) is 6. The van der Waals surface area contributed by atoms with Crippen molar-refractivity contribution in [2.24, 2.45) is 5.14 Å². The summed E-state index contributed by atoms with van der Waals surface area (Å²) < 4.78 is 22.5. The molecule has 0 amide bonds. The predicted octanol–water partition coefficient (Wildman–Crippen LogP) is 0.907. The molecule has 0 bridgehead atoms. The Morgan fingerprint density at radius 2 is 1.75 bits per heavy atom. The number of nitrogens with zero attached hydrogens (tertiary/aromatic N) is 5. The Bertz CT molecular complexity index is 1000. The van der Waals surface area contributed by atoms with E-state index in [1.54, 1.807) is 24.3 Å². The number of nitriles is 1. The second-order valence-corrected chi connectivity index (χ2v) is 6.58. The zero-order chi connectivity index (χ0) is 17.2. The van der Waals surface area contributed by atoms with Crippen molar-refractivity contribution in [2.75, 3.05) is 0 Å². The fourth-order valence-corrected chi connectivity index (χ4v) is 2.58. The van der Waals surface area contributed by atoms with Crippen LogP contribution in [0.5, 0.6) is 0 Å². The molecular formula is C15H12N6O2S. The van der Waals surface area contributed by atoms with Crippen LogP contribution in [-0.2, 0) is 16.6 Å². The predicted molar refractivity (Wildman–Crippen MR) is 84.9 cm³/mol. The van der Waals surface area contributed by atoms with E-state index in [1.807, 2.05) is 12.1 Å². The van der Waals surface area contributed by atoms with E-state index in [0.717, 1.165) is 5.56 Å². The molecule has 0 atom stereocenters. The molecule has 3 rings (SSSR count). The highest BCUT2D eigenvalue weighted by molar-refractivity contribution is 7.89. The summed E-state index contributed by atoms with van der Waals surface area (Å²) in [5.74, 6) is 0.379. The second kappa shape index (κ2) is 6.19. The van der Waals surface area contributed by atoms with E-state index < -0.39 is 10.0 Å². The van der Waals surface area contributed by atoms with Gasteiger partial charge in [0.2, 0.25) is 15.8 Å². The smallest absolute Gasteiger partial charge is 0.225 e. The van der Waals surface area contributed by atoms with Gasteiger partial charge in [0.05, 0.1) is 23.1 Å². The topological polar surface area (TPSA) is 128 Å². The van der Waals surface area contributed by atoms with Crippen LogP contribution in [0.1, 0.15) is 11.1 Å². The molecule has 120 valence electrons. The maximum absolute atomic E-state index is 11.2. The van der Waals surface area contributed by atoms with Crippen molar-refractivity contribution < 1.29 is 8.42 Å². The van der Waals surface area contributed by atoms with Crippen molar-refractivity contribution >= 4 is 10.0 Å². The average molecular weight is 340 g/mol. The van der Waals surface area contributed by atoms with E-state index in [9.17, 15) is 8.42 Å². The van der Waals surface area contributed by atoms with Crippen LogP contribution in [0.15, 0.2) is 53.4 Å². The van der Waals surface area contributed by atoms with Crippen LogP contribution in [0.3, 0.4) is 0 Å². The highest BCUT2D eigenvalue weighted by atomic mass is 32.2. The molecule has 2 N–H and O–H groups in total. The number of sulfonamides is 1. The van der Waals surface area contributed by atoms with Gasteiger partial charge in [-0.25, -0.2) is 13.6 Å². The quantitative estimate of drug-likeness (QED) is 0.752. The number of tetrazole rings is 1. The summed E-state index contributed by atoms with van der Waals surface area (Å²) in [5.41, 5.74) is 2.15. The minimum atomic E-state index is -3.73. The van der Waals surface area contributed by atoms with Gasteiger partial charge in [-0.3, -0.25) is 0 Å². The first-order valence-corrected chi connectivity index (χ1v) is 8.40. The van der Waals surface area contributed by atoms with Crippen LogP contribution < -0.4 is 5.14 Å². The van der Waals surface area contributed by atoms with E-state index in [-0.39, 0.29) is 4.90 Å². The lowest BCUT2D eigenvalue weighted by Crippen LogP contribution is -2.11. The molecule has 3 aromatic rings. The molecule has 8 nitrogen and oxygen atoms in total. The Morgan fingerprint density at radius 3 is 2.33 bits per heavy atom. The molecule has 2 aromatic carbocycles. The van der Waals surface area contributed by atoms with Gasteiger partial charge >= 0.3 is 0 Å². The van der Waals surface area contributed by atoms with E-state index in [4.69, 9.17) is 10.4 Å². The third kappa shape index (κ3) is 3.45. The van der Waals surface area contributed by atoms with Gasteiger partial charge in [0.25, 0.3) is 0 Å². The van der Waals surface area contributed by atoms with Crippen LogP contribution >= 0.6 is 0 Å². The van der Waals surface area contributed by atoms with Crippen molar-refractivity contribution in [1.29, 1.82) is 5.26 Å². The van der Waals surface area contributed by atoms with Gasteiger partial charge in [-0.2, -0.15) is 10.1 Å². The molecule has 0 spiro atoms. The minimum Gasteiger partial charge on any atom is -0.225 e. The summed E-state index contributed by atoms with van der Waals surface area (Å²) >= 11 is 0. The zero-order valence-corrected chi connectivity index (χ0v) is 13.2. The summed E-state index contributed by atoms with van der Waals surface area (Å²) in [4.78, 5) is 1.45. The number of rotatable bonds is 4. The third-order valence-electron chi connectivity index (χ3n) is 3.30. The van der Waals surface area contributed by atoms with Crippen molar-refractivity contribution in [1.82, 2.24) is 20.2 Å². The Kier molecular flexibility index (Phi) is 4.07. The monoisotopic (exact) mass is 340 g/mol. The largest absolute Gasteiger partial charge is 0.238 e. The average Bonchev–Trinajstić information content (AvgIpc) is 3.03. The first-order valence-electron chi connectivity index (χ1n) is 6.86. The lowest BCUT2D eigenvalue weighted by molar-refractivity contribution is 0.573. The minimum absolute atomic E-state index is 0.0243. The van der Waals surface area contributed by atoms with Crippen LogP contribution in [0.25, 0.3) is 11.4 Å². The summed E-state index contributed by atoms with van der Waals surface area (Å²) in [5, 5.41) is 26.0. The standard InChI is InChI=1S/C15H12N6O2S/c16-9-11-1-3-12(4-2-11)10-21-19-15(18-20-21)13-5-7-14(8-6-13)24(17,22)23/h1-8H,10H2,(H2,17,22,23). The van der Waals surface area contributed by atoms with Gasteiger partial charge in [-0.1, -0.05) is 12.1 Å². The van der Waals surface area contributed by atoms with Gasteiger partial charge in [0.1, 0.15) is 0 Å². The fourth-order valence-electron chi connectivity index (χ4n) is 2.07. The molecule has 9 heteroatoms. The normalized spacial score (nSPS) is 11.2. The lowest BCUT2D eigenvalue weighted by Gasteiger charge is -2.00. The Labute approximate surface area is 138 Å². The molecule has 0 radical (unpaired) electrons. The maximum Gasteiger partial charge on any atom is 0.238 e. The van der Waals surface area contributed by atoms with Crippen molar-refractivity contribution in [2.45, 2.75) is 11.4 Å². The number of hydrogen-bond donors (Lipinski definition) is 1. The summed E-state index contributed by atoms with van der Waals surface area (Å²) in [6.45, 7) is 0.411. The highest BCUT2D eigenvalue weighted by Gasteiger charge is 2.10. The molecule has 24 heavy (non-hydrogen) atoms. The van der Waals surface area contributed by atoms with E-state index in [2.05, 4.69) is 21.5 Å². The fraction of sp³-hybridized carbons (Fsp3) is 0.0667. The number of aromatic nitrogens is 4. The first kappa shape index (κ1) is 15.8. The molecule has 0 saturated heterocycles. The van der Waals surface area contributed by atoms with Crippen LogP contribution in [0.4, 0.5) is 0 Å². The van der Waals surface area contributed by atoms with Gasteiger partial charge < -0.3 is 0 Å². The van der Waals surface area contributed by atoms with Crippen molar-refractivity contribution in [3.63, 3.8) is 0 Å². The maximum atomic E-state index is 11.2. The molecule has 0 saturated carbocycles. The number of benzene rings is 2. The van der Waals surface area contributed by atoms with Crippen LogP contribution in [0.2, 0.25) is 0 Å². The number of nitrogens with two attached hydrogens (primary N) is 1. The van der Waals surface area contributed by atoms with Gasteiger partial charge in [-0.05, 0) is 47.2 Å². The zero-order valence-electron chi connectivity index (χ0n) is 12.4. The van der Waals surface area contributed by atoms with E-state index in [1.165, 1.54) is 16.9 Å². The lowest BCUT2D eigenvalue weighted by atomic mass is 10.1.